The van der Waals surface area contributed by atoms with Crippen molar-refractivity contribution < 1.29 is 33.5 Å². The molecule has 0 aromatic heterocycles. The van der Waals surface area contributed by atoms with E-state index < -0.39 is 18.8 Å². The topological polar surface area (TPSA) is 97.8 Å². The molecule has 1 fully saturated rings. The van der Waals surface area contributed by atoms with Gasteiger partial charge in [-0.2, -0.15) is 0 Å². The number of carbonyl (C=O) groups excluding carboxylic acids is 2. The second-order valence-electron chi connectivity index (χ2n) is 10.3. The van der Waals surface area contributed by atoms with Crippen LogP contribution in [0, 0.1) is 0 Å². The number of piperazine rings is 1. The van der Waals surface area contributed by atoms with Gasteiger partial charge in [0.25, 0.3) is 0 Å². The van der Waals surface area contributed by atoms with Crippen molar-refractivity contribution in [2.24, 2.45) is 0 Å². The summed E-state index contributed by atoms with van der Waals surface area (Å²) in [7, 11) is -1.12. The number of esters is 1. The van der Waals surface area contributed by atoms with E-state index in [0.717, 1.165) is 30.8 Å². The molecule has 1 N–H and O–H groups in total. The molecule has 0 saturated carbocycles. The number of carbonyl (C=O) groups is 2. The van der Waals surface area contributed by atoms with Crippen LogP contribution >= 0.6 is 0 Å². The molecule has 0 bridgehead atoms. The minimum absolute atomic E-state index is 0.0478. The van der Waals surface area contributed by atoms with Gasteiger partial charge in [-0.15, -0.1) is 0 Å². The van der Waals surface area contributed by atoms with Crippen LogP contribution in [0.25, 0.3) is 0 Å². The summed E-state index contributed by atoms with van der Waals surface area (Å²) in [6, 6.07) is 13.2. The van der Waals surface area contributed by atoms with Gasteiger partial charge in [-0.1, -0.05) is 18.2 Å². The lowest BCUT2D eigenvalue weighted by molar-refractivity contribution is -0.145. The minimum Gasteiger partial charge on any atom is -0.466 e. The van der Waals surface area contributed by atoms with Gasteiger partial charge in [-0.25, -0.2) is 4.79 Å². The van der Waals surface area contributed by atoms with Gasteiger partial charge in [-0.05, 0) is 68.6 Å². The largest absolute Gasteiger partial charge is 0.492 e. The molecule has 1 saturated heterocycles. The normalized spacial score (nSPS) is 17.9. The van der Waals surface area contributed by atoms with Crippen molar-refractivity contribution in [3.8, 4) is 11.5 Å². The predicted octanol–water partition coefficient (Wildman–Crippen LogP) is 3.24. The van der Waals surface area contributed by atoms with Gasteiger partial charge in [0.15, 0.2) is 0 Å². The summed E-state index contributed by atoms with van der Waals surface area (Å²) in [5.74, 6) is 0.888. The van der Waals surface area contributed by atoms with Crippen molar-refractivity contribution in [3.63, 3.8) is 0 Å². The van der Waals surface area contributed by atoms with Gasteiger partial charge in [0, 0.05) is 32.7 Å². The average molecular weight is 510 g/mol. The second kappa shape index (κ2) is 11.5. The predicted molar refractivity (Wildman–Crippen MR) is 139 cm³/mol. The smallest absolute Gasteiger partial charge is 0.466 e. The van der Waals surface area contributed by atoms with Crippen molar-refractivity contribution in [1.82, 2.24) is 9.80 Å². The van der Waals surface area contributed by atoms with Crippen LogP contribution in [0.3, 0.4) is 0 Å². The molecule has 4 rings (SSSR count). The molecule has 9 nitrogen and oxygen atoms in total. The molecule has 1 atom stereocenters. The Labute approximate surface area is 218 Å². The van der Waals surface area contributed by atoms with E-state index in [1.165, 1.54) is 0 Å². The summed E-state index contributed by atoms with van der Waals surface area (Å²) < 4.78 is 22.1. The maximum atomic E-state index is 12.3. The number of hydrogen-bond donors (Lipinski definition) is 1. The average Bonchev–Trinajstić information content (AvgIpc) is 3.13. The third kappa shape index (κ3) is 7.25. The SMILES string of the molecule is CCOC(=O)CC1OB(O)c2cc(Oc3cccc(CN4CCN(C(=O)OC(C)(C)C)CC4)c3)ccc21. The van der Waals surface area contributed by atoms with Crippen molar-refractivity contribution in [2.75, 3.05) is 32.8 Å². The minimum atomic E-state index is -1.12. The van der Waals surface area contributed by atoms with Gasteiger partial charge in [0.2, 0.25) is 0 Å². The highest BCUT2D eigenvalue weighted by Crippen LogP contribution is 2.31. The third-order valence-corrected chi connectivity index (χ3v) is 6.19. The van der Waals surface area contributed by atoms with E-state index in [-0.39, 0.29) is 18.5 Å². The van der Waals surface area contributed by atoms with Crippen molar-refractivity contribution >= 4 is 24.6 Å². The van der Waals surface area contributed by atoms with Crippen LogP contribution in [0.5, 0.6) is 11.5 Å². The van der Waals surface area contributed by atoms with Crippen molar-refractivity contribution in [1.29, 1.82) is 0 Å². The molecule has 0 radical (unpaired) electrons. The van der Waals surface area contributed by atoms with Gasteiger partial charge in [0.1, 0.15) is 17.1 Å². The number of amides is 1. The number of fused-ring (bicyclic) bond motifs is 1. The lowest BCUT2D eigenvalue weighted by atomic mass is 9.79. The van der Waals surface area contributed by atoms with E-state index in [1.54, 1.807) is 24.0 Å². The third-order valence-electron chi connectivity index (χ3n) is 6.19. The Bertz CT molecular complexity index is 1110. The molecule has 2 aliphatic heterocycles. The molecule has 0 spiro atoms. The summed E-state index contributed by atoms with van der Waals surface area (Å²) in [5.41, 5.74) is 1.95. The van der Waals surface area contributed by atoms with Crippen molar-refractivity contribution in [3.05, 3.63) is 53.6 Å². The summed E-state index contributed by atoms with van der Waals surface area (Å²) in [5, 5.41) is 10.4. The van der Waals surface area contributed by atoms with Crippen LogP contribution in [0.2, 0.25) is 0 Å². The van der Waals surface area contributed by atoms with Gasteiger partial charge in [-0.3, -0.25) is 9.69 Å². The first-order valence-corrected chi connectivity index (χ1v) is 12.7. The van der Waals surface area contributed by atoms with E-state index in [1.807, 2.05) is 51.1 Å². The zero-order valence-corrected chi connectivity index (χ0v) is 21.9. The fourth-order valence-electron chi connectivity index (χ4n) is 4.47. The molecule has 1 amide bonds. The van der Waals surface area contributed by atoms with Crippen LogP contribution in [-0.4, -0.2) is 72.4 Å². The van der Waals surface area contributed by atoms with E-state index in [0.29, 0.717) is 36.7 Å². The number of ether oxygens (including phenoxy) is 3. The molecular formula is C27H35BN2O7. The molecule has 0 aliphatic carbocycles. The van der Waals surface area contributed by atoms with E-state index in [9.17, 15) is 14.6 Å². The highest BCUT2D eigenvalue weighted by molar-refractivity contribution is 6.61. The number of benzene rings is 2. The number of rotatable bonds is 7. The zero-order valence-electron chi connectivity index (χ0n) is 21.9. The number of nitrogens with zero attached hydrogens (tertiary/aromatic N) is 2. The maximum Gasteiger partial charge on any atom is 0.492 e. The highest BCUT2D eigenvalue weighted by atomic mass is 16.6. The van der Waals surface area contributed by atoms with Crippen LogP contribution in [0.4, 0.5) is 4.79 Å². The molecule has 37 heavy (non-hydrogen) atoms. The molecule has 1 unspecified atom stereocenters. The first kappa shape index (κ1) is 27.0. The molecule has 2 aromatic rings. The second-order valence-corrected chi connectivity index (χ2v) is 10.3. The maximum absolute atomic E-state index is 12.3. The molecule has 2 aromatic carbocycles. The van der Waals surface area contributed by atoms with Gasteiger partial charge >= 0.3 is 19.2 Å². The first-order valence-electron chi connectivity index (χ1n) is 12.7. The van der Waals surface area contributed by atoms with E-state index in [2.05, 4.69) is 4.90 Å². The van der Waals surface area contributed by atoms with E-state index in [4.69, 9.17) is 18.9 Å². The Hall–Kier alpha value is -3.08. The van der Waals surface area contributed by atoms with Crippen LogP contribution in [0.15, 0.2) is 42.5 Å². The van der Waals surface area contributed by atoms with Crippen LogP contribution < -0.4 is 10.2 Å². The Morgan fingerprint density at radius 1 is 1.08 bits per heavy atom. The van der Waals surface area contributed by atoms with Crippen LogP contribution in [0.1, 0.15) is 51.3 Å². The standard InChI is InChI=1S/C27H35BN2O7/c1-5-34-25(31)17-24-22-10-9-21(16-23(22)28(33)37-24)35-20-8-6-7-19(15-20)18-29-11-13-30(14-12-29)26(32)36-27(2,3)4/h6-10,15-16,24,33H,5,11-14,17-18H2,1-4H3. The Morgan fingerprint density at radius 2 is 1.81 bits per heavy atom. The molecule has 2 aliphatic rings. The molecule has 2 heterocycles. The highest BCUT2D eigenvalue weighted by Gasteiger charge is 2.36. The summed E-state index contributed by atoms with van der Waals surface area (Å²) in [6.07, 6.45) is -0.761. The zero-order chi connectivity index (χ0) is 26.6. The lowest BCUT2D eigenvalue weighted by Gasteiger charge is -2.35. The molecule has 198 valence electrons. The Balaban J connectivity index is 1.34. The summed E-state index contributed by atoms with van der Waals surface area (Å²) in [4.78, 5) is 28.2. The quantitative estimate of drug-likeness (QED) is 0.448. The summed E-state index contributed by atoms with van der Waals surface area (Å²) in [6.45, 7) is 11.2. The fourth-order valence-corrected chi connectivity index (χ4v) is 4.47. The van der Waals surface area contributed by atoms with E-state index >= 15 is 0 Å². The van der Waals surface area contributed by atoms with Gasteiger partial charge in [0.05, 0.1) is 19.1 Å². The number of hydrogen-bond acceptors (Lipinski definition) is 8. The first-order chi connectivity index (χ1) is 17.6. The monoisotopic (exact) mass is 510 g/mol. The fraction of sp³-hybridized carbons (Fsp3) is 0.481. The lowest BCUT2D eigenvalue weighted by Crippen LogP contribution is -2.49. The Kier molecular flexibility index (Phi) is 8.41. The molecule has 10 heteroatoms. The van der Waals surface area contributed by atoms with Crippen LogP contribution in [-0.2, 0) is 25.5 Å². The van der Waals surface area contributed by atoms with Crippen molar-refractivity contribution in [2.45, 2.75) is 52.4 Å². The molecular weight excluding hydrogens is 475 g/mol. The summed E-state index contributed by atoms with van der Waals surface area (Å²) >= 11 is 0. The van der Waals surface area contributed by atoms with Gasteiger partial charge < -0.3 is 28.8 Å². The Morgan fingerprint density at radius 3 is 2.51 bits per heavy atom.